The van der Waals surface area contributed by atoms with Crippen molar-refractivity contribution in [3.8, 4) is 0 Å². The summed E-state index contributed by atoms with van der Waals surface area (Å²) >= 11 is 0. The smallest absolute Gasteiger partial charge is 0.0731 e. The van der Waals surface area contributed by atoms with Crippen molar-refractivity contribution in [2.45, 2.75) is 39.4 Å². The molecule has 0 aromatic rings. The lowest BCUT2D eigenvalue weighted by Gasteiger charge is -2.27. The summed E-state index contributed by atoms with van der Waals surface area (Å²) in [4.78, 5) is 0. The molecule has 0 spiro atoms. The van der Waals surface area contributed by atoms with Gasteiger partial charge >= 0.3 is 0 Å². The van der Waals surface area contributed by atoms with Crippen molar-refractivity contribution >= 4 is 0 Å². The van der Waals surface area contributed by atoms with E-state index < -0.39 is 0 Å². The Kier molecular flexibility index (Phi) is 2.50. The molecule has 0 aromatic heterocycles. The van der Waals surface area contributed by atoms with Gasteiger partial charge in [-0.15, -0.1) is 0 Å². The summed E-state index contributed by atoms with van der Waals surface area (Å²) in [6, 6.07) is 0. The van der Waals surface area contributed by atoms with Gasteiger partial charge in [0.2, 0.25) is 0 Å². The van der Waals surface area contributed by atoms with Crippen LogP contribution in [-0.4, -0.2) is 12.2 Å². The molecule has 1 rings (SSSR count). The van der Waals surface area contributed by atoms with Crippen LogP contribution in [0, 0.1) is 5.92 Å². The van der Waals surface area contributed by atoms with Crippen LogP contribution in [0.4, 0.5) is 0 Å². The Morgan fingerprint density at radius 3 is 2.50 bits per heavy atom. The van der Waals surface area contributed by atoms with E-state index in [2.05, 4.69) is 32.9 Å². The van der Waals surface area contributed by atoms with E-state index in [0.717, 1.165) is 6.42 Å². The lowest BCUT2D eigenvalue weighted by Crippen LogP contribution is -2.27. The summed E-state index contributed by atoms with van der Waals surface area (Å²) in [6.45, 7) is 6.47. The minimum atomic E-state index is 0.321. The van der Waals surface area contributed by atoms with Crippen molar-refractivity contribution in [3.05, 3.63) is 12.2 Å². The molecule has 1 heterocycles. The van der Waals surface area contributed by atoms with E-state index in [1.807, 2.05) is 0 Å². The molecule has 1 heteroatoms. The molecular formula is C9H16O. The molecule has 0 fully saturated rings. The van der Waals surface area contributed by atoms with E-state index >= 15 is 0 Å². The zero-order valence-corrected chi connectivity index (χ0v) is 7.00. The largest absolute Gasteiger partial charge is 0.371 e. The maximum absolute atomic E-state index is 5.66. The molecule has 0 radical (unpaired) electrons. The summed E-state index contributed by atoms with van der Waals surface area (Å²) in [6.07, 6.45) is 6.27. The van der Waals surface area contributed by atoms with Crippen molar-refractivity contribution in [2.24, 2.45) is 5.92 Å². The lowest BCUT2D eigenvalue weighted by molar-refractivity contribution is -0.0107. The van der Waals surface area contributed by atoms with Crippen LogP contribution < -0.4 is 0 Å². The molecule has 0 aromatic carbocycles. The van der Waals surface area contributed by atoms with Crippen molar-refractivity contribution in [3.63, 3.8) is 0 Å². The number of hydrogen-bond donors (Lipinski definition) is 0. The van der Waals surface area contributed by atoms with Crippen LogP contribution in [0.5, 0.6) is 0 Å². The van der Waals surface area contributed by atoms with Crippen LogP contribution in [0.1, 0.15) is 27.2 Å². The summed E-state index contributed by atoms with van der Waals surface area (Å²) in [7, 11) is 0. The van der Waals surface area contributed by atoms with Crippen molar-refractivity contribution in [2.75, 3.05) is 0 Å². The first kappa shape index (κ1) is 7.80. The molecule has 0 amide bonds. The molecule has 0 aliphatic carbocycles. The number of hydrogen-bond acceptors (Lipinski definition) is 1. The summed E-state index contributed by atoms with van der Waals surface area (Å²) in [5.41, 5.74) is 0. The molecule has 0 saturated heterocycles. The van der Waals surface area contributed by atoms with Crippen LogP contribution in [0.3, 0.4) is 0 Å². The lowest BCUT2D eigenvalue weighted by atomic mass is 9.99. The Bertz CT molecular complexity index is 129. The third-order valence-corrected chi connectivity index (χ3v) is 2.06. The summed E-state index contributed by atoms with van der Waals surface area (Å²) in [5.74, 6) is 0.598. The van der Waals surface area contributed by atoms with Gasteiger partial charge in [-0.05, 0) is 13.3 Å². The van der Waals surface area contributed by atoms with Gasteiger partial charge in [0.1, 0.15) is 0 Å². The fraction of sp³-hybridized carbons (Fsp3) is 0.778. The molecule has 0 unspecified atom stereocenters. The van der Waals surface area contributed by atoms with E-state index in [4.69, 9.17) is 4.74 Å². The first-order chi connectivity index (χ1) is 4.74. The van der Waals surface area contributed by atoms with E-state index in [1.165, 1.54) is 0 Å². The van der Waals surface area contributed by atoms with Crippen molar-refractivity contribution in [1.29, 1.82) is 0 Å². The van der Waals surface area contributed by atoms with E-state index in [0.29, 0.717) is 18.1 Å². The molecule has 58 valence electrons. The van der Waals surface area contributed by atoms with E-state index in [9.17, 15) is 0 Å². The van der Waals surface area contributed by atoms with Gasteiger partial charge in [0.25, 0.3) is 0 Å². The second-order valence-corrected chi connectivity index (χ2v) is 3.03. The first-order valence-electron chi connectivity index (χ1n) is 4.07. The highest BCUT2D eigenvalue weighted by molar-refractivity contribution is 4.98. The topological polar surface area (TPSA) is 9.23 Å². The minimum absolute atomic E-state index is 0.321. The van der Waals surface area contributed by atoms with E-state index in [-0.39, 0.29) is 0 Å². The Labute approximate surface area is 63.1 Å². The molecule has 3 atom stereocenters. The molecule has 0 bridgehead atoms. The molecule has 1 nitrogen and oxygen atoms in total. The predicted octanol–water partition coefficient (Wildman–Crippen LogP) is 2.38. The quantitative estimate of drug-likeness (QED) is 0.508. The van der Waals surface area contributed by atoms with Gasteiger partial charge in [0, 0.05) is 5.92 Å². The van der Waals surface area contributed by atoms with Crippen LogP contribution in [0.2, 0.25) is 0 Å². The van der Waals surface area contributed by atoms with E-state index in [1.54, 1.807) is 0 Å². The van der Waals surface area contributed by atoms with Crippen LogP contribution in [0.25, 0.3) is 0 Å². The van der Waals surface area contributed by atoms with Gasteiger partial charge in [-0.3, -0.25) is 0 Å². The van der Waals surface area contributed by atoms with Crippen LogP contribution >= 0.6 is 0 Å². The highest BCUT2D eigenvalue weighted by atomic mass is 16.5. The third kappa shape index (κ3) is 1.60. The number of ether oxygens (including phenoxy) is 1. The molecule has 1 aliphatic rings. The standard InChI is InChI=1S/C9H16O/c1-4-9-7(2)5-6-8(3)10-9/h5-9H,4H2,1-3H3/t7-,8+,9+/m0/s1. The van der Waals surface area contributed by atoms with Crippen LogP contribution in [0.15, 0.2) is 12.2 Å². The van der Waals surface area contributed by atoms with Crippen molar-refractivity contribution < 1.29 is 4.74 Å². The SMILES string of the molecule is CC[C@H]1O[C@H](C)C=C[C@@H]1C. The molecular weight excluding hydrogens is 124 g/mol. The molecule has 1 aliphatic heterocycles. The first-order valence-corrected chi connectivity index (χ1v) is 4.07. The monoisotopic (exact) mass is 140 g/mol. The highest BCUT2D eigenvalue weighted by Gasteiger charge is 2.19. The van der Waals surface area contributed by atoms with Gasteiger partial charge in [0.05, 0.1) is 12.2 Å². The summed E-state index contributed by atoms with van der Waals surface area (Å²) < 4.78 is 5.66. The van der Waals surface area contributed by atoms with Gasteiger partial charge in [-0.1, -0.05) is 26.0 Å². The maximum Gasteiger partial charge on any atom is 0.0731 e. The Balaban J connectivity index is 2.53. The van der Waals surface area contributed by atoms with Crippen molar-refractivity contribution in [1.82, 2.24) is 0 Å². The zero-order chi connectivity index (χ0) is 7.56. The predicted molar refractivity (Wildman–Crippen MR) is 42.9 cm³/mol. The normalized spacial score (nSPS) is 40.1. The zero-order valence-electron chi connectivity index (χ0n) is 7.00. The average Bonchev–Trinajstić information content (AvgIpc) is 1.94. The van der Waals surface area contributed by atoms with Gasteiger partial charge < -0.3 is 4.74 Å². The Hall–Kier alpha value is -0.300. The van der Waals surface area contributed by atoms with Crippen LogP contribution in [-0.2, 0) is 4.74 Å². The maximum atomic E-state index is 5.66. The fourth-order valence-corrected chi connectivity index (χ4v) is 1.37. The van der Waals surface area contributed by atoms with Gasteiger partial charge in [0.15, 0.2) is 0 Å². The Morgan fingerprint density at radius 1 is 1.30 bits per heavy atom. The second-order valence-electron chi connectivity index (χ2n) is 3.03. The Morgan fingerprint density at radius 2 is 2.00 bits per heavy atom. The molecule has 0 saturated carbocycles. The third-order valence-electron chi connectivity index (χ3n) is 2.06. The van der Waals surface area contributed by atoms with Gasteiger partial charge in [-0.2, -0.15) is 0 Å². The average molecular weight is 140 g/mol. The van der Waals surface area contributed by atoms with Gasteiger partial charge in [-0.25, -0.2) is 0 Å². The molecule has 0 N–H and O–H groups in total. The highest BCUT2D eigenvalue weighted by Crippen LogP contribution is 2.19. The number of rotatable bonds is 1. The molecule has 10 heavy (non-hydrogen) atoms. The summed E-state index contributed by atoms with van der Waals surface area (Å²) in [5, 5.41) is 0. The minimum Gasteiger partial charge on any atom is -0.371 e. The fourth-order valence-electron chi connectivity index (χ4n) is 1.37. The second kappa shape index (κ2) is 3.20.